The first-order valence-electron chi connectivity index (χ1n) is 9.83. The zero-order chi connectivity index (χ0) is 22.1. The first-order chi connectivity index (χ1) is 15.0. The van der Waals surface area contributed by atoms with Gasteiger partial charge in [0, 0.05) is 23.9 Å². The van der Waals surface area contributed by atoms with Gasteiger partial charge >= 0.3 is 0 Å². The van der Waals surface area contributed by atoms with E-state index in [1.807, 2.05) is 6.07 Å². The number of nitriles is 1. The Labute approximate surface area is 185 Å². The maximum absolute atomic E-state index is 12.3. The number of halogens is 1. The highest BCUT2D eigenvalue weighted by Crippen LogP contribution is 2.18. The highest BCUT2D eigenvalue weighted by atomic mass is 35.5. The number of carbonyl (C=O) groups excluding carboxylic acids is 2. The van der Waals surface area contributed by atoms with Crippen molar-refractivity contribution in [3.8, 4) is 11.8 Å². The molecule has 160 valence electrons. The molecule has 1 aliphatic rings. The van der Waals surface area contributed by atoms with Crippen molar-refractivity contribution in [1.82, 2.24) is 5.32 Å². The van der Waals surface area contributed by atoms with E-state index in [0.29, 0.717) is 28.6 Å². The predicted molar refractivity (Wildman–Crippen MR) is 118 cm³/mol. The minimum atomic E-state index is -0.534. The molecule has 2 aromatic carbocycles. The number of amides is 2. The van der Waals surface area contributed by atoms with Crippen LogP contribution in [0, 0.1) is 11.3 Å². The van der Waals surface area contributed by atoms with Gasteiger partial charge in [0.1, 0.15) is 17.4 Å². The van der Waals surface area contributed by atoms with Crippen molar-refractivity contribution in [1.29, 1.82) is 5.26 Å². The molecule has 0 spiro atoms. The van der Waals surface area contributed by atoms with Gasteiger partial charge in [0.25, 0.3) is 11.8 Å². The molecule has 1 fully saturated rings. The first-order valence-corrected chi connectivity index (χ1v) is 10.2. The van der Waals surface area contributed by atoms with Crippen LogP contribution >= 0.6 is 11.6 Å². The molecule has 2 amide bonds. The molecule has 7 nitrogen and oxygen atoms in total. The molecule has 0 radical (unpaired) electrons. The lowest BCUT2D eigenvalue weighted by atomic mass is 10.1. The summed E-state index contributed by atoms with van der Waals surface area (Å²) in [7, 11) is 0. The van der Waals surface area contributed by atoms with E-state index in [-0.39, 0.29) is 24.2 Å². The van der Waals surface area contributed by atoms with Gasteiger partial charge in [-0.1, -0.05) is 29.8 Å². The number of rotatable bonds is 8. The summed E-state index contributed by atoms with van der Waals surface area (Å²) in [6, 6.07) is 15.3. The van der Waals surface area contributed by atoms with Gasteiger partial charge in [0.2, 0.25) is 0 Å². The SMILES string of the molecule is N#C/C(=C\c1ccc(OCC(=O)NC[C@H]2CCCO2)cc1)C(=O)Nc1cccc(Cl)c1. The molecule has 1 saturated heterocycles. The fourth-order valence-electron chi connectivity index (χ4n) is 2.97. The normalized spacial score (nSPS) is 15.7. The van der Waals surface area contributed by atoms with Crippen molar-refractivity contribution in [2.45, 2.75) is 18.9 Å². The number of benzene rings is 2. The van der Waals surface area contributed by atoms with Crippen molar-refractivity contribution < 1.29 is 19.1 Å². The number of hydrogen-bond donors (Lipinski definition) is 2. The number of nitrogens with one attached hydrogen (secondary N) is 2. The molecule has 0 saturated carbocycles. The molecule has 31 heavy (non-hydrogen) atoms. The highest BCUT2D eigenvalue weighted by Gasteiger charge is 2.16. The summed E-state index contributed by atoms with van der Waals surface area (Å²) in [5.74, 6) is -0.247. The summed E-state index contributed by atoms with van der Waals surface area (Å²) in [4.78, 5) is 24.2. The van der Waals surface area contributed by atoms with Gasteiger partial charge in [-0.3, -0.25) is 9.59 Å². The minimum Gasteiger partial charge on any atom is -0.484 e. The molecule has 2 aromatic rings. The van der Waals surface area contributed by atoms with Crippen LogP contribution in [0.5, 0.6) is 5.75 Å². The third kappa shape index (κ3) is 7.14. The van der Waals surface area contributed by atoms with Crippen LogP contribution in [0.2, 0.25) is 5.02 Å². The van der Waals surface area contributed by atoms with Crippen LogP contribution in [0.25, 0.3) is 6.08 Å². The maximum Gasteiger partial charge on any atom is 0.266 e. The Balaban J connectivity index is 1.51. The van der Waals surface area contributed by atoms with E-state index in [2.05, 4.69) is 10.6 Å². The lowest BCUT2D eigenvalue weighted by molar-refractivity contribution is -0.123. The van der Waals surface area contributed by atoms with E-state index >= 15 is 0 Å². The fourth-order valence-corrected chi connectivity index (χ4v) is 3.16. The smallest absolute Gasteiger partial charge is 0.266 e. The Hall–Kier alpha value is -3.34. The summed E-state index contributed by atoms with van der Waals surface area (Å²) in [6.45, 7) is 1.13. The molecule has 2 N–H and O–H groups in total. The summed E-state index contributed by atoms with van der Waals surface area (Å²) < 4.78 is 10.9. The average Bonchev–Trinajstić information content (AvgIpc) is 3.29. The minimum absolute atomic E-state index is 0.0536. The molecule has 1 atom stereocenters. The number of ether oxygens (including phenoxy) is 2. The van der Waals surface area contributed by atoms with Gasteiger partial charge in [-0.15, -0.1) is 0 Å². The fraction of sp³-hybridized carbons (Fsp3) is 0.261. The van der Waals surface area contributed by atoms with Crippen molar-refractivity contribution in [3.63, 3.8) is 0 Å². The zero-order valence-electron chi connectivity index (χ0n) is 16.8. The van der Waals surface area contributed by atoms with Gasteiger partial charge < -0.3 is 20.1 Å². The van der Waals surface area contributed by atoms with Crippen LogP contribution in [0.15, 0.2) is 54.1 Å². The molecule has 1 aliphatic heterocycles. The van der Waals surface area contributed by atoms with Crippen molar-refractivity contribution in [3.05, 3.63) is 64.7 Å². The molecular weight excluding hydrogens is 418 g/mol. The van der Waals surface area contributed by atoms with Gasteiger partial charge in [-0.05, 0) is 54.8 Å². The van der Waals surface area contributed by atoms with Gasteiger partial charge in [0.05, 0.1) is 6.10 Å². The molecule has 0 aliphatic carbocycles. The topological polar surface area (TPSA) is 100 Å². The van der Waals surface area contributed by atoms with E-state index in [1.165, 1.54) is 6.08 Å². The Morgan fingerprint density at radius 2 is 2.06 bits per heavy atom. The van der Waals surface area contributed by atoms with Crippen LogP contribution < -0.4 is 15.4 Å². The molecule has 0 bridgehead atoms. The van der Waals surface area contributed by atoms with Crippen molar-refractivity contribution in [2.24, 2.45) is 0 Å². The number of carbonyl (C=O) groups is 2. The van der Waals surface area contributed by atoms with Crippen LogP contribution in [0.4, 0.5) is 5.69 Å². The van der Waals surface area contributed by atoms with E-state index in [1.54, 1.807) is 48.5 Å². The second-order valence-corrected chi connectivity index (χ2v) is 7.37. The van der Waals surface area contributed by atoms with Gasteiger partial charge in [0.15, 0.2) is 6.61 Å². The molecular formula is C23H22ClN3O4. The zero-order valence-corrected chi connectivity index (χ0v) is 17.5. The van der Waals surface area contributed by atoms with Crippen molar-refractivity contribution in [2.75, 3.05) is 25.1 Å². The standard InChI is InChI=1S/C23H22ClN3O4/c24-18-3-1-4-19(12-18)27-23(29)17(13-25)11-16-6-8-20(9-7-16)31-15-22(28)26-14-21-5-2-10-30-21/h1,3-4,6-9,11-12,21H,2,5,10,14-15H2,(H,26,28)(H,27,29)/b17-11+/t21-/m1/s1. The molecule has 0 aromatic heterocycles. The molecule has 3 rings (SSSR count). The van der Waals surface area contributed by atoms with Crippen LogP contribution in [-0.4, -0.2) is 37.7 Å². The maximum atomic E-state index is 12.3. The van der Waals surface area contributed by atoms with E-state index < -0.39 is 5.91 Å². The first kappa shape index (κ1) is 22.3. The number of anilines is 1. The quantitative estimate of drug-likeness (QED) is 0.484. The molecule has 1 heterocycles. The summed E-state index contributed by atoms with van der Waals surface area (Å²) in [5.41, 5.74) is 1.09. The average molecular weight is 440 g/mol. The third-order valence-electron chi connectivity index (χ3n) is 4.56. The van der Waals surface area contributed by atoms with Crippen LogP contribution in [-0.2, 0) is 14.3 Å². The van der Waals surface area contributed by atoms with E-state index in [9.17, 15) is 14.9 Å². The molecule has 8 heteroatoms. The lowest BCUT2D eigenvalue weighted by Gasteiger charge is -2.11. The number of nitrogens with zero attached hydrogens (tertiary/aromatic N) is 1. The summed E-state index contributed by atoms with van der Waals surface area (Å²) >= 11 is 5.91. The summed E-state index contributed by atoms with van der Waals surface area (Å²) in [5, 5.41) is 15.2. The Kier molecular flexibility index (Phi) is 8.05. The van der Waals surface area contributed by atoms with Crippen LogP contribution in [0.1, 0.15) is 18.4 Å². The Bertz CT molecular complexity index is 993. The summed E-state index contributed by atoms with van der Waals surface area (Å²) in [6.07, 6.45) is 3.53. The predicted octanol–water partition coefficient (Wildman–Crippen LogP) is 3.56. The highest BCUT2D eigenvalue weighted by molar-refractivity contribution is 6.31. The second-order valence-electron chi connectivity index (χ2n) is 6.93. The van der Waals surface area contributed by atoms with E-state index in [4.69, 9.17) is 21.1 Å². The lowest BCUT2D eigenvalue weighted by Crippen LogP contribution is -2.35. The van der Waals surface area contributed by atoms with Crippen LogP contribution in [0.3, 0.4) is 0 Å². The third-order valence-corrected chi connectivity index (χ3v) is 4.79. The van der Waals surface area contributed by atoms with Gasteiger partial charge in [-0.2, -0.15) is 5.26 Å². The van der Waals surface area contributed by atoms with E-state index in [0.717, 1.165) is 19.4 Å². The Morgan fingerprint density at radius 1 is 1.26 bits per heavy atom. The van der Waals surface area contributed by atoms with Gasteiger partial charge in [-0.25, -0.2) is 0 Å². The monoisotopic (exact) mass is 439 g/mol. The Morgan fingerprint density at radius 3 is 2.74 bits per heavy atom. The van der Waals surface area contributed by atoms with Crippen molar-refractivity contribution >= 4 is 35.2 Å². The number of hydrogen-bond acceptors (Lipinski definition) is 5. The second kappa shape index (κ2) is 11.2. The largest absolute Gasteiger partial charge is 0.484 e. The molecule has 0 unspecified atom stereocenters.